The van der Waals surface area contributed by atoms with Gasteiger partial charge in [0.1, 0.15) is 11.6 Å². The largest absolute Gasteiger partial charge is 0.356 e. The summed E-state index contributed by atoms with van der Waals surface area (Å²) in [6.07, 6.45) is 2.57. The number of hydrogen-bond acceptors (Lipinski definition) is 2. The van der Waals surface area contributed by atoms with E-state index in [-0.39, 0.29) is 11.9 Å². The summed E-state index contributed by atoms with van der Waals surface area (Å²) < 4.78 is 29.0. The molecule has 1 N–H and O–H groups in total. The van der Waals surface area contributed by atoms with Gasteiger partial charge >= 0.3 is 0 Å². The second kappa shape index (κ2) is 4.08. The first-order valence-corrected chi connectivity index (χ1v) is 5.89. The van der Waals surface area contributed by atoms with Crippen molar-refractivity contribution in [2.45, 2.75) is 19.4 Å². The zero-order valence-corrected chi connectivity index (χ0v) is 9.95. The van der Waals surface area contributed by atoms with E-state index >= 15 is 0 Å². The highest BCUT2D eigenvalue weighted by molar-refractivity contribution is 5.36. The van der Waals surface area contributed by atoms with Crippen LogP contribution in [0, 0.1) is 18.6 Å². The van der Waals surface area contributed by atoms with Crippen LogP contribution in [0.5, 0.6) is 0 Å². The molecule has 94 valence electrons. The number of anilines is 1. The van der Waals surface area contributed by atoms with Crippen LogP contribution in [0.25, 0.3) is 0 Å². The van der Waals surface area contributed by atoms with E-state index in [1.54, 1.807) is 0 Å². The lowest BCUT2D eigenvalue weighted by Gasteiger charge is -2.26. The van der Waals surface area contributed by atoms with Crippen LogP contribution >= 0.6 is 0 Å². The lowest BCUT2D eigenvalue weighted by atomic mass is 10.0. The van der Waals surface area contributed by atoms with Crippen molar-refractivity contribution in [3.05, 3.63) is 47.3 Å². The highest BCUT2D eigenvalue weighted by Crippen LogP contribution is 2.31. The van der Waals surface area contributed by atoms with Crippen LogP contribution in [0.1, 0.15) is 23.7 Å². The van der Waals surface area contributed by atoms with Crippen molar-refractivity contribution in [1.29, 1.82) is 0 Å². The molecular weight excluding hydrogens is 236 g/mol. The molecule has 2 heterocycles. The molecule has 0 spiro atoms. The second-order valence-corrected chi connectivity index (χ2v) is 4.51. The van der Waals surface area contributed by atoms with Gasteiger partial charge in [-0.15, -0.1) is 0 Å². The molecule has 18 heavy (non-hydrogen) atoms. The summed E-state index contributed by atoms with van der Waals surface area (Å²) in [4.78, 5) is 4.31. The maximum atomic E-state index is 13.8. The topological polar surface area (TPSA) is 29.9 Å². The van der Waals surface area contributed by atoms with E-state index in [0.29, 0.717) is 24.5 Å². The molecule has 1 aliphatic heterocycles. The molecule has 0 saturated carbocycles. The fraction of sp³-hybridized carbons (Fsp3) is 0.308. The number of imidazole rings is 1. The first kappa shape index (κ1) is 11.2. The van der Waals surface area contributed by atoms with Crippen molar-refractivity contribution in [2.24, 2.45) is 0 Å². The molecule has 0 saturated heterocycles. The highest BCUT2D eigenvalue weighted by Gasteiger charge is 2.24. The molecule has 3 rings (SSSR count). The molecule has 1 aliphatic rings. The average Bonchev–Trinajstić information content (AvgIpc) is 2.72. The minimum Gasteiger partial charge on any atom is -0.356 e. The Bertz CT molecular complexity index is 592. The number of benzene rings is 1. The van der Waals surface area contributed by atoms with E-state index in [1.807, 2.05) is 17.7 Å². The summed E-state index contributed by atoms with van der Waals surface area (Å²) in [5, 5.41) is 3.15. The summed E-state index contributed by atoms with van der Waals surface area (Å²) in [6, 6.07) is 3.39. The number of nitrogens with one attached hydrogen (secondary N) is 1. The van der Waals surface area contributed by atoms with Crippen molar-refractivity contribution >= 4 is 5.95 Å². The van der Waals surface area contributed by atoms with Gasteiger partial charge in [0.05, 0.1) is 11.7 Å². The first-order chi connectivity index (χ1) is 8.65. The average molecular weight is 249 g/mol. The number of hydrogen-bond donors (Lipinski definition) is 1. The highest BCUT2D eigenvalue weighted by atomic mass is 19.1. The van der Waals surface area contributed by atoms with Crippen LogP contribution in [0.3, 0.4) is 0 Å². The van der Waals surface area contributed by atoms with Gasteiger partial charge in [-0.1, -0.05) is 0 Å². The first-order valence-electron chi connectivity index (χ1n) is 5.89. The van der Waals surface area contributed by atoms with Gasteiger partial charge in [-0.3, -0.25) is 0 Å². The third-order valence-corrected chi connectivity index (χ3v) is 3.21. The molecule has 1 aromatic heterocycles. The fourth-order valence-electron chi connectivity index (χ4n) is 2.42. The molecular formula is C13H13F2N3. The lowest BCUT2D eigenvalue weighted by Crippen LogP contribution is -2.24. The standard InChI is InChI=1S/C13H13F2N3/c1-8-7-18-12(4-5-16-13(18)17-8)10-6-9(14)2-3-11(10)15/h2-3,6-7,12H,4-5H2,1H3,(H,16,17). The molecule has 2 aromatic rings. The molecule has 0 fully saturated rings. The normalized spacial score (nSPS) is 18.3. The Morgan fingerprint density at radius 1 is 1.39 bits per heavy atom. The number of halogens is 2. The quantitative estimate of drug-likeness (QED) is 0.842. The van der Waals surface area contributed by atoms with Crippen molar-refractivity contribution < 1.29 is 8.78 Å². The van der Waals surface area contributed by atoms with E-state index in [9.17, 15) is 8.78 Å². The molecule has 1 atom stereocenters. The monoisotopic (exact) mass is 249 g/mol. The van der Waals surface area contributed by atoms with Crippen molar-refractivity contribution in [3.63, 3.8) is 0 Å². The minimum absolute atomic E-state index is 0.196. The SMILES string of the molecule is Cc1cn2c(n1)NCCC2c1cc(F)ccc1F. The smallest absolute Gasteiger partial charge is 0.203 e. The zero-order valence-electron chi connectivity index (χ0n) is 9.95. The van der Waals surface area contributed by atoms with Gasteiger partial charge in [0, 0.05) is 18.3 Å². The zero-order chi connectivity index (χ0) is 12.7. The van der Waals surface area contributed by atoms with Gasteiger partial charge in [-0.05, 0) is 31.5 Å². The number of rotatable bonds is 1. The van der Waals surface area contributed by atoms with Crippen LogP contribution in [-0.2, 0) is 0 Å². The Morgan fingerprint density at radius 2 is 2.22 bits per heavy atom. The summed E-state index contributed by atoms with van der Waals surface area (Å²) in [6.45, 7) is 2.59. The molecule has 0 amide bonds. The molecule has 3 nitrogen and oxygen atoms in total. The van der Waals surface area contributed by atoms with Crippen molar-refractivity contribution in [3.8, 4) is 0 Å². The summed E-state index contributed by atoms with van der Waals surface area (Å²) in [5.41, 5.74) is 1.25. The Hall–Kier alpha value is -1.91. The van der Waals surface area contributed by atoms with Crippen LogP contribution in [0.15, 0.2) is 24.4 Å². The van der Waals surface area contributed by atoms with Gasteiger partial charge in [0.15, 0.2) is 0 Å². The van der Waals surface area contributed by atoms with Crippen LogP contribution in [0.4, 0.5) is 14.7 Å². The van der Waals surface area contributed by atoms with Gasteiger partial charge in [-0.25, -0.2) is 13.8 Å². The molecule has 0 bridgehead atoms. The maximum absolute atomic E-state index is 13.8. The van der Waals surface area contributed by atoms with E-state index in [0.717, 1.165) is 11.8 Å². The minimum atomic E-state index is -0.414. The van der Waals surface area contributed by atoms with E-state index in [4.69, 9.17) is 0 Å². The van der Waals surface area contributed by atoms with E-state index < -0.39 is 5.82 Å². The Kier molecular flexibility index (Phi) is 2.54. The molecule has 5 heteroatoms. The molecule has 0 radical (unpaired) electrons. The van der Waals surface area contributed by atoms with E-state index in [2.05, 4.69) is 10.3 Å². The summed E-state index contributed by atoms with van der Waals surface area (Å²) in [7, 11) is 0. The predicted octanol–water partition coefficient (Wildman–Crippen LogP) is 2.87. The number of nitrogens with zero attached hydrogens (tertiary/aromatic N) is 2. The van der Waals surface area contributed by atoms with Gasteiger partial charge < -0.3 is 9.88 Å². The lowest BCUT2D eigenvalue weighted by molar-refractivity contribution is 0.489. The van der Waals surface area contributed by atoms with Crippen LogP contribution < -0.4 is 5.32 Å². The van der Waals surface area contributed by atoms with Gasteiger partial charge in [0.25, 0.3) is 0 Å². The number of fused-ring (bicyclic) bond motifs is 1. The Morgan fingerprint density at radius 3 is 3.06 bits per heavy atom. The summed E-state index contributed by atoms with van der Waals surface area (Å²) >= 11 is 0. The number of aromatic nitrogens is 2. The van der Waals surface area contributed by atoms with Crippen LogP contribution in [0.2, 0.25) is 0 Å². The second-order valence-electron chi connectivity index (χ2n) is 4.51. The van der Waals surface area contributed by atoms with Gasteiger partial charge in [0.2, 0.25) is 5.95 Å². The maximum Gasteiger partial charge on any atom is 0.203 e. The Balaban J connectivity index is 2.10. The van der Waals surface area contributed by atoms with Crippen molar-refractivity contribution in [2.75, 3.05) is 11.9 Å². The van der Waals surface area contributed by atoms with Crippen molar-refractivity contribution in [1.82, 2.24) is 9.55 Å². The third kappa shape index (κ3) is 1.75. The fourth-order valence-corrected chi connectivity index (χ4v) is 2.42. The Labute approximate surface area is 103 Å². The molecule has 1 aromatic carbocycles. The predicted molar refractivity (Wildman–Crippen MR) is 64.6 cm³/mol. The van der Waals surface area contributed by atoms with E-state index in [1.165, 1.54) is 12.1 Å². The molecule has 1 unspecified atom stereocenters. The van der Waals surface area contributed by atoms with Gasteiger partial charge in [-0.2, -0.15) is 0 Å². The summed E-state index contributed by atoms with van der Waals surface area (Å²) in [5.74, 6) is -0.0728. The number of aryl methyl sites for hydroxylation is 1. The van der Waals surface area contributed by atoms with Crippen LogP contribution in [-0.4, -0.2) is 16.1 Å². The molecule has 0 aliphatic carbocycles. The third-order valence-electron chi connectivity index (χ3n) is 3.21.